The maximum atomic E-state index is 14.9. The molecule has 0 spiro atoms. The van der Waals surface area contributed by atoms with Crippen molar-refractivity contribution in [3.63, 3.8) is 0 Å². The minimum absolute atomic E-state index is 0.00643. The van der Waals surface area contributed by atoms with E-state index in [1.165, 1.54) is 0 Å². The number of nitrogens with one attached hydrogen (secondary N) is 5. The number of likely N-dealkylation sites (N-methyl/N-ethyl adjacent to an activating group) is 1. The Labute approximate surface area is 523 Å². The maximum Gasteiger partial charge on any atom is 0.246 e. The first kappa shape index (κ1) is 66.9. The Morgan fingerprint density at radius 2 is 0.920 bits per heavy atom. The zero-order valence-electron chi connectivity index (χ0n) is 52.8. The summed E-state index contributed by atoms with van der Waals surface area (Å²) in [5, 5.41) is 15.8. The standard InChI is InChI=1S/C73H99N7O8/c1-5-50(2)68(83)76-65(57-41-25-14-26-42-57)73(88)80-48-30-44-60(80)69(84)77-66(63(53-33-17-10-18-34-53)54-35-19-11-20-36-54)61(81)45-27-7-6-8-28-46-75-71(86)67(64(55-37-21-12-22-38-55)56-39-23-13-24-40-56)78-70(85)59-43-29-47-79(59)72(87)58(49-62(82)51(3)74-4)52-31-15-9-16-32-52/h10-13,17-24,33-40,50-52,57-60,63-67,74H,5-9,14-16,25-32,41-49H2,1-4H3,(H,75,86)(H,76,83)(H,77,84)(H,78,85)/t50-,51+,58+,59?,60+,65+,66?,67+/m1/s1. The van der Waals surface area contributed by atoms with Gasteiger partial charge in [-0.25, -0.2) is 0 Å². The summed E-state index contributed by atoms with van der Waals surface area (Å²) in [6.45, 7) is 6.81. The predicted molar refractivity (Wildman–Crippen MR) is 345 cm³/mol. The largest absolute Gasteiger partial charge is 0.354 e. The van der Waals surface area contributed by atoms with Crippen molar-refractivity contribution >= 4 is 47.0 Å². The van der Waals surface area contributed by atoms with Crippen LogP contribution in [0.2, 0.25) is 0 Å². The molecule has 15 heteroatoms. The lowest BCUT2D eigenvalue weighted by molar-refractivity contribution is -0.145. The summed E-state index contributed by atoms with van der Waals surface area (Å²) < 4.78 is 0. The summed E-state index contributed by atoms with van der Waals surface area (Å²) in [5.41, 5.74) is 3.49. The first-order valence-electron chi connectivity index (χ1n) is 33.5. The van der Waals surface area contributed by atoms with Gasteiger partial charge in [-0.05, 0) is 119 Å². The van der Waals surface area contributed by atoms with Crippen LogP contribution in [0.1, 0.15) is 196 Å². The molecule has 474 valence electrons. The van der Waals surface area contributed by atoms with Gasteiger partial charge in [-0.2, -0.15) is 0 Å². The third-order valence-electron chi connectivity index (χ3n) is 19.7. The minimum atomic E-state index is -1.02. The van der Waals surface area contributed by atoms with Gasteiger partial charge in [0.25, 0.3) is 0 Å². The Morgan fingerprint density at radius 3 is 1.41 bits per heavy atom. The molecule has 0 aromatic heterocycles. The molecular weight excluding hydrogens is 1100 g/mol. The van der Waals surface area contributed by atoms with Gasteiger partial charge < -0.3 is 36.4 Å². The number of Topliss-reactive ketones (excluding diaryl/α,β-unsaturated/α-hetero) is 2. The van der Waals surface area contributed by atoms with Gasteiger partial charge in [-0.15, -0.1) is 0 Å². The van der Waals surface area contributed by atoms with E-state index in [1.807, 2.05) is 142 Å². The van der Waals surface area contributed by atoms with Crippen LogP contribution in [0.25, 0.3) is 0 Å². The number of hydrogen-bond acceptors (Lipinski definition) is 9. The molecule has 4 fully saturated rings. The van der Waals surface area contributed by atoms with Gasteiger partial charge in [0.05, 0.1) is 12.1 Å². The maximum absolute atomic E-state index is 14.9. The molecule has 2 aliphatic carbocycles. The number of carbonyl (C=O) groups is 8. The van der Waals surface area contributed by atoms with E-state index in [2.05, 4.69) is 26.6 Å². The van der Waals surface area contributed by atoms with Crippen LogP contribution in [0.5, 0.6) is 0 Å². The smallest absolute Gasteiger partial charge is 0.246 e. The van der Waals surface area contributed by atoms with Crippen molar-refractivity contribution < 1.29 is 38.4 Å². The van der Waals surface area contributed by atoms with E-state index in [0.717, 1.165) is 106 Å². The van der Waals surface area contributed by atoms with Crippen molar-refractivity contribution in [1.82, 2.24) is 36.4 Å². The van der Waals surface area contributed by atoms with Crippen LogP contribution in [0.3, 0.4) is 0 Å². The van der Waals surface area contributed by atoms with E-state index in [-0.39, 0.29) is 77.6 Å². The fourth-order valence-electron chi connectivity index (χ4n) is 14.3. The number of likely N-dealkylation sites (tertiary alicyclic amines) is 2. The third kappa shape index (κ3) is 17.9. The second-order valence-electron chi connectivity index (χ2n) is 25.6. The van der Waals surface area contributed by atoms with Crippen molar-refractivity contribution in [2.24, 2.45) is 23.7 Å². The van der Waals surface area contributed by atoms with E-state index in [1.54, 1.807) is 16.8 Å². The number of benzene rings is 4. The van der Waals surface area contributed by atoms with Crippen molar-refractivity contribution in [1.29, 1.82) is 0 Å². The average molecular weight is 1200 g/mol. The zero-order chi connectivity index (χ0) is 62.4. The van der Waals surface area contributed by atoms with Crippen LogP contribution < -0.4 is 26.6 Å². The SMILES string of the molecule is CC[C@@H](C)C(=O)N[C@H](C(=O)N1CCC[C@H]1C(=O)NC(C(=O)CCCCCCCNC(=O)[C@@H](NC(=O)C1CCCN1C(=O)[C@@H](CC(=O)[C@H](C)NC)C1CCCCC1)C(c1ccccc1)c1ccccc1)C(c1ccccc1)c1ccccc1)C1CCCCC1. The van der Waals surface area contributed by atoms with Gasteiger partial charge in [0.1, 0.15) is 30.0 Å². The Balaban J connectivity index is 0.921. The highest BCUT2D eigenvalue weighted by Crippen LogP contribution is 2.37. The van der Waals surface area contributed by atoms with E-state index in [0.29, 0.717) is 64.6 Å². The fourth-order valence-corrected chi connectivity index (χ4v) is 14.3. The highest BCUT2D eigenvalue weighted by atomic mass is 16.2. The zero-order valence-corrected chi connectivity index (χ0v) is 52.8. The molecule has 4 aromatic carbocycles. The average Bonchev–Trinajstić information content (AvgIpc) is 4.40. The molecule has 0 bridgehead atoms. The Bertz CT molecular complexity index is 2610. The van der Waals surface area contributed by atoms with Crippen LogP contribution in [-0.4, -0.2) is 120 Å². The second-order valence-corrected chi connectivity index (χ2v) is 25.6. The first-order valence-corrected chi connectivity index (χ1v) is 33.5. The quantitative estimate of drug-likeness (QED) is 0.0304. The van der Waals surface area contributed by atoms with E-state index >= 15 is 0 Å². The highest BCUT2D eigenvalue weighted by molar-refractivity contribution is 5.97. The summed E-state index contributed by atoms with van der Waals surface area (Å²) in [4.78, 5) is 119. The Morgan fingerprint density at radius 1 is 0.477 bits per heavy atom. The van der Waals surface area contributed by atoms with Crippen LogP contribution in [-0.2, 0) is 38.4 Å². The summed E-state index contributed by atoms with van der Waals surface area (Å²) in [6.07, 6.45) is 16.4. The lowest BCUT2D eigenvalue weighted by Gasteiger charge is -2.36. The van der Waals surface area contributed by atoms with Crippen molar-refractivity contribution in [3.8, 4) is 0 Å². The molecule has 2 unspecified atom stereocenters. The number of ketones is 2. The van der Waals surface area contributed by atoms with Gasteiger partial charge in [0, 0.05) is 56.1 Å². The van der Waals surface area contributed by atoms with Crippen LogP contribution in [0.15, 0.2) is 121 Å². The molecule has 2 saturated heterocycles. The monoisotopic (exact) mass is 1200 g/mol. The number of rotatable bonds is 31. The number of carbonyl (C=O) groups excluding carboxylic acids is 8. The summed E-state index contributed by atoms with van der Waals surface area (Å²) in [7, 11) is 1.75. The highest BCUT2D eigenvalue weighted by Gasteiger charge is 2.45. The molecule has 2 saturated carbocycles. The van der Waals surface area contributed by atoms with Crippen molar-refractivity contribution in [2.75, 3.05) is 26.7 Å². The Hall–Kier alpha value is -7.00. The lowest BCUT2D eigenvalue weighted by atomic mass is 9.76. The van der Waals surface area contributed by atoms with Gasteiger partial charge >= 0.3 is 0 Å². The molecule has 4 aromatic rings. The fraction of sp³-hybridized carbons (Fsp3) is 0.562. The number of unbranched alkanes of at least 4 members (excludes halogenated alkanes) is 4. The molecule has 8 rings (SSSR count). The topological polar surface area (TPSA) is 203 Å². The number of nitrogens with zero attached hydrogens (tertiary/aromatic N) is 2. The number of amides is 6. The molecule has 8 atom stereocenters. The first-order chi connectivity index (χ1) is 42.8. The number of hydrogen-bond donors (Lipinski definition) is 5. The van der Waals surface area contributed by atoms with E-state index in [4.69, 9.17) is 0 Å². The van der Waals surface area contributed by atoms with Crippen molar-refractivity contribution in [2.45, 2.75) is 210 Å². The summed E-state index contributed by atoms with van der Waals surface area (Å²) in [6, 6.07) is 34.4. The molecule has 2 aliphatic heterocycles. The van der Waals surface area contributed by atoms with Gasteiger partial charge in [0.2, 0.25) is 35.4 Å². The van der Waals surface area contributed by atoms with Gasteiger partial charge in [-0.1, -0.05) is 193 Å². The van der Waals surface area contributed by atoms with E-state index < -0.39 is 54.0 Å². The molecule has 15 nitrogen and oxygen atoms in total. The van der Waals surface area contributed by atoms with Gasteiger partial charge in [0.15, 0.2) is 5.78 Å². The third-order valence-corrected chi connectivity index (χ3v) is 19.7. The molecule has 88 heavy (non-hydrogen) atoms. The normalized spacial score (nSPS) is 19.5. The molecule has 2 heterocycles. The lowest BCUT2D eigenvalue weighted by Crippen LogP contribution is -2.58. The summed E-state index contributed by atoms with van der Waals surface area (Å²) in [5.74, 6) is -3.43. The molecule has 5 N–H and O–H groups in total. The second kappa shape index (κ2) is 34.1. The van der Waals surface area contributed by atoms with E-state index in [9.17, 15) is 38.4 Å². The minimum Gasteiger partial charge on any atom is -0.354 e. The molecule has 0 radical (unpaired) electrons. The van der Waals surface area contributed by atoms with Gasteiger partial charge in [-0.3, -0.25) is 38.4 Å². The predicted octanol–water partition coefficient (Wildman–Crippen LogP) is 10.5. The summed E-state index contributed by atoms with van der Waals surface area (Å²) >= 11 is 0. The molecular formula is C73H99N7O8. The van der Waals surface area contributed by atoms with Crippen molar-refractivity contribution in [3.05, 3.63) is 144 Å². The molecule has 4 aliphatic rings. The van der Waals surface area contributed by atoms with Crippen LogP contribution in [0, 0.1) is 23.7 Å². The van der Waals surface area contributed by atoms with Crippen LogP contribution in [0.4, 0.5) is 0 Å². The Kier molecular flexibility index (Phi) is 25.9. The van der Waals surface area contributed by atoms with Crippen LogP contribution >= 0.6 is 0 Å². The molecule has 6 amide bonds.